The first-order valence-corrected chi connectivity index (χ1v) is 10.1. The molecule has 0 unspecified atom stereocenters. The quantitative estimate of drug-likeness (QED) is 0.862. The van der Waals surface area contributed by atoms with Crippen LogP contribution in [-0.4, -0.2) is 61.4 Å². The summed E-state index contributed by atoms with van der Waals surface area (Å²) in [4.78, 5) is 29.7. The van der Waals surface area contributed by atoms with E-state index in [1.165, 1.54) is 0 Å². The number of carbonyl (C=O) groups excluding carboxylic acids is 2. The Kier molecular flexibility index (Phi) is 6.72. The molecular formula is C21H31N3O3. The summed E-state index contributed by atoms with van der Waals surface area (Å²) in [5.41, 5.74) is 0.722. The lowest BCUT2D eigenvalue weighted by Crippen LogP contribution is -2.49. The lowest BCUT2D eigenvalue weighted by molar-refractivity contribution is -0.139. The van der Waals surface area contributed by atoms with Crippen LogP contribution < -0.4 is 10.1 Å². The lowest BCUT2D eigenvalue weighted by Gasteiger charge is -2.36. The molecule has 1 aromatic rings. The minimum absolute atomic E-state index is 0.0313. The molecule has 2 fully saturated rings. The molecular weight excluding hydrogens is 342 g/mol. The third kappa shape index (κ3) is 5.01. The fraction of sp³-hybridized carbons (Fsp3) is 0.619. The minimum atomic E-state index is -0.0313. The third-order valence-electron chi connectivity index (χ3n) is 5.71. The monoisotopic (exact) mass is 373 g/mol. The number of hydrogen-bond acceptors (Lipinski definition) is 4. The summed E-state index contributed by atoms with van der Waals surface area (Å²) < 4.78 is 5.58. The number of para-hydroxylation sites is 2. The fourth-order valence-corrected chi connectivity index (χ4v) is 3.97. The van der Waals surface area contributed by atoms with Crippen LogP contribution in [0.1, 0.15) is 32.6 Å². The van der Waals surface area contributed by atoms with Gasteiger partial charge in [0.05, 0.1) is 12.3 Å². The molecule has 6 heteroatoms. The van der Waals surface area contributed by atoms with E-state index in [1.807, 2.05) is 36.1 Å². The van der Waals surface area contributed by atoms with Crippen molar-refractivity contribution in [1.29, 1.82) is 0 Å². The van der Waals surface area contributed by atoms with Gasteiger partial charge in [-0.2, -0.15) is 0 Å². The number of hydrogen-bond donors (Lipinski definition) is 1. The first-order valence-electron chi connectivity index (χ1n) is 10.1. The Morgan fingerprint density at radius 2 is 1.67 bits per heavy atom. The van der Waals surface area contributed by atoms with Crippen LogP contribution in [0.4, 0.5) is 5.69 Å². The van der Waals surface area contributed by atoms with Crippen LogP contribution >= 0.6 is 0 Å². The first kappa shape index (κ1) is 19.7. The Hall–Kier alpha value is -2.08. The largest absolute Gasteiger partial charge is 0.492 e. The van der Waals surface area contributed by atoms with Gasteiger partial charge in [0.2, 0.25) is 11.8 Å². The van der Waals surface area contributed by atoms with Crippen LogP contribution in [0.5, 0.6) is 5.75 Å². The molecule has 148 valence electrons. The van der Waals surface area contributed by atoms with E-state index in [0.717, 1.165) is 57.5 Å². The molecule has 0 aromatic heterocycles. The SMILES string of the molecule is CCOc1ccccc1NC(=O)C1CCC(C(=O)N2CCN(C)CC2)CC1. The van der Waals surface area contributed by atoms with Gasteiger partial charge in [0.15, 0.2) is 0 Å². The van der Waals surface area contributed by atoms with E-state index in [4.69, 9.17) is 4.74 Å². The molecule has 1 saturated heterocycles. The fourth-order valence-electron chi connectivity index (χ4n) is 3.97. The highest BCUT2D eigenvalue weighted by atomic mass is 16.5. The summed E-state index contributed by atoms with van der Waals surface area (Å²) in [6.45, 7) is 6.03. The van der Waals surface area contributed by atoms with Crippen LogP contribution in [0.25, 0.3) is 0 Å². The van der Waals surface area contributed by atoms with Crippen molar-refractivity contribution >= 4 is 17.5 Å². The summed E-state index contributed by atoms with van der Waals surface area (Å²) in [6.07, 6.45) is 3.15. The first-order chi connectivity index (χ1) is 13.1. The van der Waals surface area contributed by atoms with E-state index in [9.17, 15) is 9.59 Å². The summed E-state index contributed by atoms with van der Waals surface area (Å²) in [6, 6.07) is 7.52. The Balaban J connectivity index is 1.50. The minimum Gasteiger partial charge on any atom is -0.492 e. The lowest BCUT2D eigenvalue weighted by atomic mass is 9.80. The molecule has 2 aliphatic rings. The van der Waals surface area contributed by atoms with Crippen LogP contribution in [0.2, 0.25) is 0 Å². The van der Waals surface area contributed by atoms with E-state index < -0.39 is 0 Å². The number of rotatable bonds is 5. The van der Waals surface area contributed by atoms with Gasteiger partial charge in [-0.25, -0.2) is 0 Å². The second-order valence-corrected chi connectivity index (χ2v) is 7.60. The van der Waals surface area contributed by atoms with Gasteiger partial charge in [0.25, 0.3) is 0 Å². The summed E-state index contributed by atoms with van der Waals surface area (Å²) in [7, 11) is 2.09. The third-order valence-corrected chi connectivity index (χ3v) is 5.71. The standard InChI is InChI=1S/C21H31N3O3/c1-3-27-19-7-5-4-6-18(19)22-20(25)16-8-10-17(11-9-16)21(26)24-14-12-23(2)13-15-24/h4-7,16-17H,3,8-15H2,1-2H3,(H,22,25). The molecule has 3 rings (SSSR count). The number of ether oxygens (including phenoxy) is 1. The van der Waals surface area contributed by atoms with Crippen molar-refractivity contribution in [1.82, 2.24) is 9.80 Å². The normalized spacial score (nSPS) is 23.7. The number of likely N-dealkylation sites (N-methyl/N-ethyl adjacent to an activating group) is 1. The van der Waals surface area contributed by atoms with Gasteiger partial charge in [0, 0.05) is 38.0 Å². The smallest absolute Gasteiger partial charge is 0.227 e. The van der Waals surface area contributed by atoms with Gasteiger partial charge in [-0.1, -0.05) is 12.1 Å². The van der Waals surface area contributed by atoms with Crippen molar-refractivity contribution in [3.63, 3.8) is 0 Å². The van der Waals surface area contributed by atoms with Crippen LogP contribution in [-0.2, 0) is 9.59 Å². The zero-order chi connectivity index (χ0) is 19.2. The molecule has 1 heterocycles. The molecule has 0 radical (unpaired) electrons. The Labute approximate surface area is 161 Å². The van der Waals surface area contributed by atoms with E-state index in [0.29, 0.717) is 12.4 Å². The van der Waals surface area contributed by atoms with Crippen molar-refractivity contribution in [2.75, 3.05) is 45.2 Å². The zero-order valence-electron chi connectivity index (χ0n) is 16.4. The maximum atomic E-state index is 12.7. The number of carbonyl (C=O) groups is 2. The van der Waals surface area contributed by atoms with Gasteiger partial charge < -0.3 is 19.9 Å². The van der Waals surface area contributed by atoms with Crippen molar-refractivity contribution in [3.8, 4) is 5.75 Å². The number of benzene rings is 1. The van der Waals surface area contributed by atoms with Crippen LogP contribution in [0.15, 0.2) is 24.3 Å². The Morgan fingerprint density at radius 1 is 1.04 bits per heavy atom. The van der Waals surface area contributed by atoms with E-state index in [-0.39, 0.29) is 23.7 Å². The molecule has 0 atom stereocenters. The van der Waals surface area contributed by atoms with Crippen LogP contribution in [0, 0.1) is 11.8 Å². The molecule has 1 saturated carbocycles. The highest BCUT2D eigenvalue weighted by molar-refractivity contribution is 5.94. The van der Waals surface area contributed by atoms with Crippen molar-refractivity contribution in [2.24, 2.45) is 11.8 Å². The molecule has 6 nitrogen and oxygen atoms in total. The molecule has 1 aromatic carbocycles. The van der Waals surface area contributed by atoms with E-state index in [2.05, 4.69) is 17.3 Å². The van der Waals surface area contributed by atoms with Crippen molar-refractivity contribution < 1.29 is 14.3 Å². The number of nitrogens with zero attached hydrogens (tertiary/aromatic N) is 2. The topological polar surface area (TPSA) is 61.9 Å². The molecule has 1 N–H and O–H groups in total. The second-order valence-electron chi connectivity index (χ2n) is 7.60. The number of nitrogens with one attached hydrogen (secondary N) is 1. The van der Waals surface area contributed by atoms with Crippen molar-refractivity contribution in [3.05, 3.63) is 24.3 Å². The van der Waals surface area contributed by atoms with Crippen LogP contribution in [0.3, 0.4) is 0 Å². The maximum absolute atomic E-state index is 12.7. The molecule has 1 aliphatic heterocycles. The molecule has 1 aliphatic carbocycles. The predicted octanol–water partition coefficient (Wildman–Crippen LogP) is 2.60. The molecule has 27 heavy (non-hydrogen) atoms. The average molecular weight is 373 g/mol. The molecule has 0 bridgehead atoms. The Morgan fingerprint density at radius 3 is 2.33 bits per heavy atom. The second kappa shape index (κ2) is 9.22. The van der Waals surface area contributed by atoms with E-state index >= 15 is 0 Å². The van der Waals surface area contributed by atoms with Crippen molar-refractivity contribution in [2.45, 2.75) is 32.6 Å². The predicted molar refractivity (Wildman–Crippen MR) is 106 cm³/mol. The molecule has 2 amide bonds. The molecule has 0 spiro atoms. The summed E-state index contributed by atoms with van der Waals surface area (Å²) in [5, 5.41) is 3.01. The van der Waals surface area contributed by atoms with Gasteiger partial charge >= 0.3 is 0 Å². The maximum Gasteiger partial charge on any atom is 0.227 e. The van der Waals surface area contributed by atoms with Gasteiger partial charge in [-0.05, 0) is 51.8 Å². The average Bonchev–Trinajstić information content (AvgIpc) is 2.70. The highest BCUT2D eigenvalue weighted by Gasteiger charge is 2.33. The summed E-state index contributed by atoms with van der Waals surface area (Å²) >= 11 is 0. The number of anilines is 1. The van der Waals surface area contributed by atoms with E-state index in [1.54, 1.807) is 0 Å². The summed E-state index contributed by atoms with van der Waals surface area (Å²) in [5.74, 6) is 1.06. The van der Waals surface area contributed by atoms with Gasteiger partial charge in [0.1, 0.15) is 5.75 Å². The number of amides is 2. The van der Waals surface area contributed by atoms with Gasteiger partial charge in [-0.3, -0.25) is 9.59 Å². The Bertz CT molecular complexity index is 648. The zero-order valence-corrected chi connectivity index (χ0v) is 16.4. The van der Waals surface area contributed by atoms with Gasteiger partial charge in [-0.15, -0.1) is 0 Å². The number of piperazine rings is 1. The highest BCUT2D eigenvalue weighted by Crippen LogP contribution is 2.32.